The van der Waals surface area contributed by atoms with E-state index in [1.807, 2.05) is 13.0 Å². The number of hydrogen-bond donors (Lipinski definition) is 3. The van der Waals surface area contributed by atoms with Gasteiger partial charge in [0.15, 0.2) is 11.5 Å². The van der Waals surface area contributed by atoms with Gasteiger partial charge in [0.05, 0.1) is 0 Å². The lowest BCUT2D eigenvalue weighted by molar-refractivity contribution is 0.174. The Kier molecular flexibility index (Phi) is 4.81. The van der Waals surface area contributed by atoms with Crippen molar-refractivity contribution in [3.8, 4) is 11.5 Å². The number of benzene rings is 1. The Labute approximate surface area is 173 Å². The molecule has 2 aromatic carbocycles. The van der Waals surface area contributed by atoms with Crippen molar-refractivity contribution in [1.82, 2.24) is 9.97 Å². The summed E-state index contributed by atoms with van der Waals surface area (Å²) in [5, 5.41) is 9.18. The van der Waals surface area contributed by atoms with E-state index < -0.39 is 10.9 Å². The maximum Gasteiger partial charge on any atom is 0.253 e. The molecular weight excluding hydrogens is 386 g/mol. The first-order valence-corrected chi connectivity index (χ1v) is 9.59. The summed E-state index contributed by atoms with van der Waals surface area (Å²) < 4.78 is 10.7. The fourth-order valence-electron chi connectivity index (χ4n) is 2.80. The molecule has 0 aliphatic carbocycles. The Morgan fingerprint density at radius 2 is 1.73 bits per heavy atom. The normalized spacial score (nSPS) is 13.9. The van der Waals surface area contributed by atoms with Crippen LogP contribution in [0.4, 0.5) is 28.8 Å². The zero-order chi connectivity index (χ0) is 21.5. The first-order chi connectivity index (χ1) is 14.2. The van der Waals surface area contributed by atoms with Gasteiger partial charge >= 0.3 is 0 Å². The minimum atomic E-state index is -0.567. The van der Waals surface area contributed by atoms with Gasteiger partial charge in [-0.05, 0) is 30.5 Å². The summed E-state index contributed by atoms with van der Waals surface area (Å²) in [4.78, 5) is 32.7. The van der Waals surface area contributed by atoms with Crippen LogP contribution in [0, 0.1) is 5.41 Å². The molecule has 4 rings (SSSR count). The van der Waals surface area contributed by atoms with Crippen molar-refractivity contribution >= 4 is 28.8 Å². The predicted octanol–water partition coefficient (Wildman–Crippen LogP) is 3.14. The minimum Gasteiger partial charge on any atom is -0.454 e. The number of ether oxygens (including phenoxy) is 2. The van der Waals surface area contributed by atoms with Gasteiger partial charge in [0.25, 0.3) is 10.9 Å². The van der Waals surface area contributed by atoms with Crippen LogP contribution in [0.1, 0.15) is 27.7 Å². The van der Waals surface area contributed by atoms with Crippen LogP contribution in [0.3, 0.4) is 0 Å². The van der Waals surface area contributed by atoms with Crippen molar-refractivity contribution in [3.05, 3.63) is 50.9 Å². The second-order valence-corrected chi connectivity index (χ2v) is 8.22. The van der Waals surface area contributed by atoms with E-state index in [0.29, 0.717) is 23.3 Å². The second-order valence-electron chi connectivity index (χ2n) is 8.22. The fraction of sp³-hybridized carbons (Fsp3) is 0.333. The van der Waals surface area contributed by atoms with E-state index in [-0.39, 0.29) is 29.6 Å². The van der Waals surface area contributed by atoms with E-state index in [9.17, 15) is 9.59 Å². The van der Waals surface area contributed by atoms with E-state index in [2.05, 4.69) is 46.7 Å². The van der Waals surface area contributed by atoms with Crippen LogP contribution in [0.2, 0.25) is 0 Å². The topological polar surface area (TPSA) is 114 Å². The van der Waals surface area contributed by atoms with Gasteiger partial charge in [-0.15, -0.1) is 0 Å². The number of nitrogens with one attached hydrogen (secondary N) is 3. The molecular formula is C21H23N5O4. The van der Waals surface area contributed by atoms with Crippen LogP contribution in [-0.2, 0) is 0 Å². The molecule has 1 aliphatic rings. The number of fused-ring (bicyclic) bond motifs is 1. The van der Waals surface area contributed by atoms with Gasteiger partial charge in [0.2, 0.25) is 12.7 Å². The third-order valence-electron chi connectivity index (χ3n) is 5.11. The first kappa shape index (κ1) is 19.7. The molecule has 30 heavy (non-hydrogen) atoms. The highest BCUT2D eigenvalue weighted by molar-refractivity contribution is 5.78. The average Bonchev–Trinajstić information content (AvgIpc) is 3.17. The Morgan fingerprint density at radius 3 is 2.50 bits per heavy atom. The zero-order valence-electron chi connectivity index (χ0n) is 17.2. The van der Waals surface area contributed by atoms with Crippen LogP contribution >= 0.6 is 0 Å². The summed E-state index contributed by atoms with van der Waals surface area (Å²) >= 11 is 0. The largest absolute Gasteiger partial charge is 0.454 e. The maximum absolute atomic E-state index is 12.1. The Bertz CT molecular complexity index is 1160. The van der Waals surface area contributed by atoms with Crippen molar-refractivity contribution in [3.63, 3.8) is 0 Å². The van der Waals surface area contributed by atoms with E-state index in [1.165, 1.54) is 0 Å². The molecule has 3 aromatic rings. The minimum absolute atomic E-state index is 0.00464. The SMILES string of the molecule is C[C@@H](Nc1c(Nc2ccnc(Nc3ccc4c(c3)OCO4)n2)c(=O)c1=O)C(C)(C)C. The maximum atomic E-state index is 12.1. The molecule has 0 spiro atoms. The fourth-order valence-corrected chi connectivity index (χ4v) is 2.80. The molecule has 0 radical (unpaired) electrons. The Morgan fingerprint density at radius 1 is 1.00 bits per heavy atom. The van der Waals surface area contributed by atoms with Crippen molar-refractivity contribution in [2.75, 3.05) is 22.7 Å². The third-order valence-corrected chi connectivity index (χ3v) is 5.11. The number of aromatic nitrogens is 2. The molecule has 2 heterocycles. The highest BCUT2D eigenvalue weighted by Crippen LogP contribution is 2.35. The number of anilines is 5. The summed E-state index contributed by atoms with van der Waals surface area (Å²) in [6, 6.07) is 7.03. The lowest BCUT2D eigenvalue weighted by Crippen LogP contribution is -2.41. The molecule has 3 N–H and O–H groups in total. The van der Waals surface area contributed by atoms with E-state index in [0.717, 1.165) is 5.69 Å². The number of hydrogen-bond acceptors (Lipinski definition) is 9. The van der Waals surface area contributed by atoms with Gasteiger partial charge in [-0.2, -0.15) is 4.98 Å². The van der Waals surface area contributed by atoms with Crippen molar-refractivity contribution in [2.45, 2.75) is 33.7 Å². The lowest BCUT2D eigenvalue weighted by Gasteiger charge is -2.30. The van der Waals surface area contributed by atoms with Gasteiger partial charge in [-0.25, -0.2) is 4.98 Å². The summed E-state index contributed by atoms with van der Waals surface area (Å²) in [5.74, 6) is 2.05. The van der Waals surface area contributed by atoms with Gasteiger partial charge < -0.3 is 25.4 Å². The Balaban J connectivity index is 1.51. The quantitative estimate of drug-likeness (QED) is 0.528. The number of rotatable bonds is 6. The highest BCUT2D eigenvalue weighted by atomic mass is 16.7. The lowest BCUT2D eigenvalue weighted by atomic mass is 9.87. The molecule has 1 aromatic heterocycles. The molecule has 9 heteroatoms. The van der Waals surface area contributed by atoms with Crippen LogP contribution in [0.15, 0.2) is 40.1 Å². The number of nitrogens with zero attached hydrogens (tertiary/aromatic N) is 2. The van der Waals surface area contributed by atoms with Crippen molar-refractivity contribution in [1.29, 1.82) is 0 Å². The van der Waals surface area contributed by atoms with Gasteiger partial charge in [-0.3, -0.25) is 9.59 Å². The van der Waals surface area contributed by atoms with Gasteiger partial charge in [0.1, 0.15) is 17.2 Å². The zero-order valence-corrected chi connectivity index (χ0v) is 17.2. The smallest absolute Gasteiger partial charge is 0.253 e. The van der Waals surface area contributed by atoms with Crippen molar-refractivity contribution < 1.29 is 9.47 Å². The highest BCUT2D eigenvalue weighted by Gasteiger charge is 2.27. The molecule has 1 atom stereocenters. The standard InChI is InChI=1S/C21H23N5O4/c1-11(21(2,3)4)23-16-17(19(28)18(16)27)25-15-7-8-22-20(26-15)24-12-5-6-13-14(9-12)30-10-29-13/h5-9,11,23H,10H2,1-4H3,(H2,22,24,25,26)/t11-/m1/s1. The first-order valence-electron chi connectivity index (χ1n) is 9.59. The van der Waals surface area contributed by atoms with Crippen LogP contribution in [0.5, 0.6) is 11.5 Å². The van der Waals surface area contributed by atoms with Crippen LogP contribution in [-0.4, -0.2) is 22.8 Å². The predicted molar refractivity (Wildman–Crippen MR) is 115 cm³/mol. The molecule has 0 saturated carbocycles. The molecule has 0 unspecified atom stereocenters. The summed E-state index contributed by atoms with van der Waals surface area (Å²) in [6.45, 7) is 8.34. The van der Waals surface area contributed by atoms with E-state index in [1.54, 1.807) is 24.4 Å². The molecule has 1 aliphatic heterocycles. The Hall–Kier alpha value is -3.62. The van der Waals surface area contributed by atoms with Crippen LogP contribution < -0.4 is 36.3 Å². The molecule has 9 nitrogen and oxygen atoms in total. The molecule has 0 saturated heterocycles. The molecule has 156 valence electrons. The molecule has 0 bridgehead atoms. The monoisotopic (exact) mass is 409 g/mol. The van der Waals surface area contributed by atoms with E-state index in [4.69, 9.17) is 9.47 Å². The van der Waals surface area contributed by atoms with Gasteiger partial charge in [-0.1, -0.05) is 20.8 Å². The second kappa shape index (κ2) is 7.33. The van der Waals surface area contributed by atoms with E-state index >= 15 is 0 Å². The molecule has 0 amide bonds. The summed E-state index contributed by atoms with van der Waals surface area (Å²) in [6.07, 6.45) is 1.56. The summed E-state index contributed by atoms with van der Waals surface area (Å²) in [5.41, 5.74) is 0.0547. The average molecular weight is 409 g/mol. The van der Waals surface area contributed by atoms with Gasteiger partial charge in [0, 0.05) is 24.0 Å². The summed E-state index contributed by atoms with van der Waals surface area (Å²) in [7, 11) is 0. The third kappa shape index (κ3) is 3.78. The molecule has 0 fully saturated rings. The van der Waals surface area contributed by atoms with Crippen LogP contribution in [0.25, 0.3) is 0 Å². The van der Waals surface area contributed by atoms with Crippen molar-refractivity contribution in [2.24, 2.45) is 5.41 Å².